The first kappa shape index (κ1) is 19.7. The van der Waals surface area contributed by atoms with E-state index in [-0.39, 0.29) is 11.9 Å². The minimum Gasteiger partial charge on any atom is -0.492 e. The van der Waals surface area contributed by atoms with Crippen LogP contribution < -0.4 is 4.74 Å². The predicted molar refractivity (Wildman–Crippen MR) is 116 cm³/mol. The Hall–Kier alpha value is -2.57. The van der Waals surface area contributed by atoms with Crippen molar-refractivity contribution in [2.45, 2.75) is 12.5 Å². The van der Waals surface area contributed by atoms with Gasteiger partial charge in [0, 0.05) is 45.1 Å². The highest BCUT2D eigenvalue weighted by atomic mass is 32.1. The van der Waals surface area contributed by atoms with Crippen LogP contribution in [0.4, 0.5) is 0 Å². The fraction of sp³-hybridized carbons (Fsp3) is 0.348. The summed E-state index contributed by atoms with van der Waals surface area (Å²) in [7, 11) is 0. The molecule has 152 valence electrons. The molecular formula is C23H27N3O2S. The Morgan fingerprint density at radius 1 is 1.00 bits per heavy atom. The largest absolute Gasteiger partial charge is 0.492 e. The molecule has 0 saturated carbocycles. The summed E-state index contributed by atoms with van der Waals surface area (Å²) >= 11 is 1.68. The molecule has 1 amide bonds. The fourth-order valence-corrected chi connectivity index (χ4v) is 4.45. The molecular weight excluding hydrogens is 382 g/mol. The third kappa shape index (κ3) is 5.28. The summed E-state index contributed by atoms with van der Waals surface area (Å²) in [6.45, 7) is 4.93. The van der Waals surface area contributed by atoms with Crippen molar-refractivity contribution in [3.63, 3.8) is 0 Å². The van der Waals surface area contributed by atoms with Crippen LogP contribution in [0.3, 0.4) is 0 Å². The SMILES string of the molecule is O=C(CC(c1ccsc1)n1cccc1)N1CCN(CCOc2ccccc2)CC1. The lowest BCUT2D eigenvalue weighted by Gasteiger charge is -2.35. The lowest BCUT2D eigenvalue weighted by atomic mass is 10.1. The summed E-state index contributed by atoms with van der Waals surface area (Å²) in [5.74, 6) is 1.14. The first-order chi connectivity index (χ1) is 14.3. The lowest BCUT2D eigenvalue weighted by molar-refractivity contribution is -0.133. The summed E-state index contributed by atoms with van der Waals surface area (Å²) in [6.07, 6.45) is 4.59. The molecule has 29 heavy (non-hydrogen) atoms. The van der Waals surface area contributed by atoms with Gasteiger partial charge in [-0.05, 0) is 46.7 Å². The van der Waals surface area contributed by atoms with E-state index in [1.807, 2.05) is 59.8 Å². The normalized spacial score (nSPS) is 15.9. The Labute approximate surface area is 176 Å². The molecule has 0 N–H and O–H groups in total. The minimum atomic E-state index is 0.0704. The number of carbonyl (C=O) groups excluding carboxylic acids is 1. The Kier molecular flexibility index (Phi) is 6.64. The van der Waals surface area contributed by atoms with Gasteiger partial charge in [0.15, 0.2) is 0 Å². The highest BCUT2D eigenvalue weighted by Crippen LogP contribution is 2.25. The van der Waals surface area contributed by atoms with Gasteiger partial charge in [0.05, 0.1) is 12.5 Å². The van der Waals surface area contributed by atoms with Crippen LogP contribution in [0, 0.1) is 0 Å². The van der Waals surface area contributed by atoms with E-state index in [0.29, 0.717) is 13.0 Å². The smallest absolute Gasteiger partial charge is 0.225 e. The molecule has 3 heterocycles. The van der Waals surface area contributed by atoms with E-state index in [0.717, 1.165) is 38.5 Å². The third-order valence-corrected chi connectivity index (χ3v) is 6.13. The number of amides is 1. The minimum absolute atomic E-state index is 0.0704. The molecule has 1 unspecified atom stereocenters. The second-order valence-electron chi connectivity index (χ2n) is 7.29. The molecule has 1 fully saturated rings. The van der Waals surface area contributed by atoms with Crippen molar-refractivity contribution < 1.29 is 9.53 Å². The van der Waals surface area contributed by atoms with E-state index >= 15 is 0 Å². The van der Waals surface area contributed by atoms with Crippen LogP contribution >= 0.6 is 11.3 Å². The number of hydrogen-bond acceptors (Lipinski definition) is 4. The van der Waals surface area contributed by atoms with Crippen molar-refractivity contribution >= 4 is 17.2 Å². The Bertz CT molecular complexity index is 823. The summed E-state index contributed by atoms with van der Waals surface area (Å²) < 4.78 is 7.93. The molecule has 1 aromatic carbocycles. The van der Waals surface area contributed by atoms with Crippen molar-refractivity contribution in [3.05, 3.63) is 77.2 Å². The summed E-state index contributed by atoms with van der Waals surface area (Å²) in [4.78, 5) is 17.4. The summed E-state index contributed by atoms with van der Waals surface area (Å²) in [6, 6.07) is 16.1. The Morgan fingerprint density at radius 3 is 2.45 bits per heavy atom. The van der Waals surface area contributed by atoms with Crippen LogP contribution in [-0.4, -0.2) is 59.6 Å². The predicted octanol–water partition coefficient (Wildman–Crippen LogP) is 3.75. The van der Waals surface area contributed by atoms with Crippen LogP contribution in [0.1, 0.15) is 18.0 Å². The Morgan fingerprint density at radius 2 is 1.76 bits per heavy atom. The van der Waals surface area contributed by atoms with Crippen LogP contribution in [0.15, 0.2) is 71.7 Å². The molecule has 1 aliphatic rings. The quantitative estimate of drug-likeness (QED) is 0.569. The van der Waals surface area contributed by atoms with E-state index in [9.17, 15) is 4.79 Å². The number of para-hydroxylation sites is 1. The van der Waals surface area contributed by atoms with Gasteiger partial charge in [0.25, 0.3) is 0 Å². The molecule has 3 aromatic rings. The third-order valence-electron chi connectivity index (χ3n) is 5.43. The van der Waals surface area contributed by atoms with Crippen LogP contribution in [-0.2, 0) is 4.79 Å². The maximum absolute atomic E-state index is 13.0. The number of hydrogen-bond donors (Lipinski definition) is 0. The molecule has 1 aliphatic heterocycles. The molecule has 0 aliphatic carbocycles. The number of rotatable bonds is 8. The van der Waals surface area contributed by atoms with Gasteiger partial charge in [-0.1, -0.05) is 18.2 Å². The van der Waals surface area contributed by atoms with Gasteiger partial charge in [-0.15, -0.1) is 0 Å². The van der Waals surface area contributed by atoms with Crippen molar-refractivity contribution in [1.82, 2.24) is 14.4 Å². The van der Waals surface area contributed by atoms with E-state index in [1.165, 1.54) is 5.56 Å². The van der Waals surface area contributed by atoms with Crippen LogP contribution in [0.25, 0.3) is 0 Å². The van der Waals surface area contributed by atoms with Gasteiger partial charge in [-0.25, -0.2) is 0 Å². The first-order valence-electron chi connectivity index (χ1n) is 10.1. The zero-order chi connectivity index (χ0) is 19.9. The number of carbonyl (C=O) groups is 1. The molecule has 5 nitrogen and oxygen atoms in total. The highest BCUT2D eigenvalue weighted by Gasteiger charge is 2.25. The lowest BCUT2D eigenvalue weighted by Crippen LogP contribution is -2.49. The molecule has 1 saturated heterocycles. The number of benzene rings is 1. The molecule has 6 heteroatoms. The van der Waals surface area contributed by atoms with Gasteiger partial charge >= 0.3 is 0 Å². The summed E-state index contributed by atoms with van der Waals surface area (Å²) in [5, 5.41) is 4.22. The molecule has 0 radical (unpaired) electrons. The van der Waals surface area contributed by atoms with Gasteiger partial charge in [0.1, 0.15) is 12.4 Å². The molecule has 2 aromatic heterocycles. The average Bonchev–Trinajstić information content (AvgIpc) is 3.48. The van der Waals surface area contributed by atoms with Crippen molar-refractivity contribution in [1.29, 1.82) is 0 Å². The fourth-order valence-electron chi connectivity index (χ4n) is 3.74. The average molecular weight is 410 g/mol. The van der Waals surface area contributed by atoms with E-state index in [4.69, 9.17) is 4.74 Å². The zero-order valence-corrected chi connectivity index (χ0v) is 17.3. The van der Waals surface area contributed by atoms with E-state index in [2.05, 4.69) is 26.3 Å². The Balaban J connectivity index is 1.25. The maximum Gasteiger partial charge on any atom is 0.225 e. The maximum atomic E-state index is 13.0. The van der Waals surface area contributed by atoms with Gasteiger partial charge in [0.2, 0.25) is 5.91 Å². The first-order valence-corrected chi connectivity index (χ1v) is 11.1. The number of nitrogens with zero attached hydrogens (tertiary/aromatic N) is 3. The molecule has 0 bridgehead atoms. The van der Waals surface area contributed by atoms with Crippen molar-refractivity contribution in [2.24, 2.45) is 0 Å². The van der Waals surface area contributed by atoms with Crippen LogP contribution in [0.5, 0.6) is 5.75 Å². The zero-order valence-electron chi connectivity index (χ0n) is 16.5. The highest BCUT2D eigenvalue weighted by molar-refractivity contribution is 7.08. The second kappa shape index (κ2) is 9.76. The second-order valence-corrected chi connectivity index (χ2v) is 8.07. The standard InChI is InChI=1S/C23H27N3O2S/c27-23(18-22(20-8-17-29-19-20)25-9-4-5-10-25)26-13-11-24(12-14-26)15-16-28-21-6-2-1-3-7-21/h1-10,17,19,22H,11-16,18H2. The number of piperazine rings is 1. The van der Waals surface area contributed by atoms with Gasteiger partial charge in [-0.2, -0.15) is 11.3 Å². The monoisotopic (exact) mass is 409 g/mol. The van der Waals surface area contributed by atoms with E-state index in [1.54, 1.807) is 11.3 Å². The van der Waals surface area contributed by atoms with Gasteiger partial charge in [-0.3, -0.25) is 9.69 Å². The van der Waals surface area contributed by atoms with Crippen molar-refractivity contribution in [3.8, 4) is 5.75 Å². The topological polar surface area (TPSA) is 37.7 Å². The van der Waals surface area contributed by atoms with E-state index < -0.39 is 0 Å². The molecule has 4 rings (SSSR count). The number of aromatic nitrogens is 1. The summed E-state index contributed by atoms with van der Waals surface area (Å²) in [5.41, 5.74) is 1.20. The molecule has 1 atom stereocenters. The number of thiophene rings is 1. The van der Waals surface area contributed by atoms with Gasteiger partial charge < -0.3 is 14.2 Å². The van der Waals surface area contributed by atoms with Crippen LogP contribution in [0.2, 0.25) is 0 Å². The number of ether oxygens (including phenoxy) is 1. The molecule has 0 spiro atoms. The van der Waals surface area contributed by atoms with Crippen molar-refractivity contribution in [2.75, 3.05) is 39.3 Å².